The van der Waals surface area contributed by atoms with Gasteiger partial charge in [0.1, 0.15) is 19.0 Å². The van der Waals surface area contributed by atoms with Gasteiger partial charge in [-0.15, -0.1) is 10.1 Å². The molecule has 0 saturated heterocycles. The maximum atomic E-state index is 13.7. The van der Waals surface area contributed by atoms with Gasteiger partial charge in [0.15, 0.2) is 0 Å². The molecule has 0 amide bonds. The van der Waals surface area contributed by atoms with Gasteiger partial charge in [-0.3, -0.25) is 4.79 Å². The van der Waals surface area contributed by atoms with Crippen LogP contribution in [0.1, 0.15) is 55.0 Å². The highest BCUT2D eigenvalue weighted by molar-refractivity contribution is 7.92. The van der Waals surface area contributed by atoms with Gasteiger partial charge < -0.3 is 19.8 Å². The van der Waals surface area contributed by atoms with E-state index < -0.39 is 45.5 Å². The predicted octanol–water partition coefficient (Wildman–Crippen LogP) is 3.77. The zero-order chi connectivity index (χ0) is 33.3. The van der Waals surface area contributed by atoms with Crippen LogP contribution in [0.2, 0.25) is 0 Å². The summed E-state index contributed by atoms with van der Waals surface area (Å²) in [5, 5.41) is 30.7. The second-order valence-electron chi connectivity index (χ2n) is 10.5. The SMILES string of the molecule is CC(C)c1nc(N(C)S(C)(=O)=O)nc(-c2ccc(F)cc2)c1/C=C/[C@@H](O)C[C@@H](O)CC(=O)OCc1ccccc1CO[N+](=O)[O-]. The summed E-state index contributed by atoms with van der Waals surface area (Å²) in [6.07, 6.45) is 0.807. The largest absolute Gasteiger partial charge is 0.461 e. The molecule has 0 aliphatic rings. The molecule has 15 heteroatoms. The van der Waals surface area contributed by atoms with Crippen molar-refractivity contribution in [1.82, 2.24) is 9.97 Å². The molecule has 2 N–H and O–H groups in total. The average Bonchev–Trinajstić information content (AvgIpc) is 2.97. The Morgan fingerprint density at radius 3 is 2.29 bits per heavy atom. The number of carbonyl (C=O) groups is 1. The minimum absolute atomic E-state index is 0.0832. The lowest BCUT2D eigenvalue weighted by atomic mass is 9.97. The molecule has 13 nitrogen and oxygen atoms in total. The molecule has 2 aromatic carbocycles. The molecule has 0 aliphatic carbocycles. The summed E-state index contributed by atoms with van der Waals surface area (Å²) >= 11 is 0. The van der Waals surface area contributed by atoms with Gasteiger partial charge in [0, 0.05) is 24.6 Å². The first-order valence-corrected chi connectivity index (χ1v) is 15.7. The van der Waals surface area contributed by atoms with E-state index in [-0.39, 0.29) is 31.5 Å². The van der Waals surface area contributed by atoms with E-state index in [0.29, 0.717) is 33.6 Å². The van der Waals surface area contributed by atoms with E-state index in [4.69, 9.17) is 4.74 Å². The number of hydrogen-bond acceptors (Lipinski definition) is 11. The fraction of sp³-hybridized carbons (Fsp3) is 0.367. The van der Waals surface area contributed by atoms with Crippen molar-refractivity contribution in [2.24, 2.45) is 0 Å². The number of benzene rings is 2. The zero-order valence-corrected chi connectivity index (χ0v) is 26.0. The van der Waals surface area contributed by atoms with E-state index in [0.717, 1.165) is 10.6 Å². The Balaban J connectivity index is 1.76. The van der Waals surface area contributed by atoms with Gasteiger partial charge in [-0.2, -0.15) is 0 Å². The van der Waals surface area contributed by atoms with Crippen LogP contribution in [0.4, 0.5) is 10.3 Å². The Morgan fingerprint density at radius 2 is 1.71 bits per heavy atom. The van der Waals surface area contributed by atoms with Crippen LogP contribution in [0.25, 0.3) is 17.3 Å². The van der Waals surface area contributed by atoms with Crippen LogP contribution < -0.4 is 4.31 Å². The summed E-state index contributed by atoms with van der Waals surface area (Å²) in [6.45, 7) is 3.18. The number of rotatable bonds is 15. The number of carbonyl (C=O) groups excluding carboxylic acids is 1. The summed E-state index contributed by atoms with van der Waals surface area (Å²) in [5.74, 6) is -1.52. The molecule has 0 saturated carbocycles. The maximum Gasteiger partial charge on any atom is 0.308 e. The number of esters is 1. The highest BCUT2D eigenvalue weighted by atomic mass is 32.2. The lowest BCUT2D eigenvalue weighted by Crippen LogP contribution is -2.27. The van der Waals surface area contributed by atoms with Crippen molar-refractivity contribution in [3.8, 4) is 11.3 Å². The van der Waals surface area contributed by atoms with E-state index in [9.17, 15) is 37.9 Å². The molecule has 0 aliphatic heterocycles. The van der Waals surface area contributed by atoms with E-state index in [1.165, 1.54) is 43.5 Å². The number of anilines is 1. The fourth-order valence-corrected chi connectivity index (χ4v) is 4.59. The van der Waals surface area contributed by atoms with Gasteiger partial charge in [-0.25, -0.2) is 27.1 Å². The number of sulfonamides is 1. The van der Waals surface area contributed by atoms with Crippen molar-refractivity contribution in [2.75, 3.05) is 17.6 Å². The van der Waals surface area contributed by atoms with E-state index in [1.54, 1.807) is 24.3 Å². The van der Waals surface area contributed by atoms with Crippen molar-refractivity contribution in [2.45, 2.75) is 58.0 Å². The van der Waals surface area contributed by atoms with Crippen molar-refractivity contribution in [3.63, 3.8) is 0 Å². The molecule has 45 heavy (non-hydrogen) atoms. The molecule has 0 fully saturated rings. The lowest BCUT2D eigenvalue weighted by Gasteiger charge is -2.20. The molecule has 242 valence electrons. The van der Waals surface area contributed by atoms with Crippen LogP contribution in [0.5, 0.6) is 0 Å². The van der Waals surface area contributed by atoms with Gasteiger partial charge in [-0.1, -0.05) is 50.3 Å². The van der Waals surface area contributed by atoms with Crippen molar-refractivity contribution >= 4 is 28.0 Å². The predicted molar refractivity (Wildman–Crippen MR) is 163 cm³/mol. The van der Waals surface area contributed by atoms with Crippen LogP contribution in [0.15, 0.2) is 54.6 Å². The number of aromatic nitrogens is 2. The number of nitrogens with zero attached hydrogens (tertiary/aromatic N) is 4. The molecule has 1 heterocycles. The monoisotopic (exact) mass is 646 g/mol. The van der Waals surface area contributed by atoms with Crippen molar-refractivity contribution in [1.29, 1.82) is 0 Å². The lowest BCUT2D eigenvalue weighted by molar-refractivity contribution is -0.763. The van der Waals surface area contributed by atoms with Gasteiger partial charge in [0.05, 0.1) is 36.3 Å². The molecule has 2 atom stereocenters. The maximum absolute atomic E-state index is 13.7. The average molecular weight is 647 g/mol. The third-order valence-electron chi connectivity index (χ3n) is 6.64. The third-order valence-corrected chi connectivity index (χ3v) is 7.80. The Kier molecular flexibility index (Phi) is 12.1. The number of aliphatic hydroxyl groups is 2. The van der Waals surface area contributed by atoms with Crippen molar-refractivity contribution < 1.29 is 42.5 Å². The topological polar surface area (TPSA) is 182 Å². The Labute approximate surface area is 260 Å². The molecule has 0 bridgehead atoms. The van der Waals surface area contributed by atoms with Gasteiger partial charge in [0.25, 0.3) is 5.09 Å². The number of halogens is 1. The van der Waals surface area contributed by atoms with E-state index in [2.05, 4.69) is 14.8 Å². The molecule has 0 unspecified atom stereocenters. The number of hydrogen-bond donors (Lipinski definition) is 2. The van der Waals surface area contributed by atoms with Gasteiger partial charge in [0.2, 0.25) is 16.0 Å². The van der Waals surface area contributed by atoms with Crippen LogP contribution in [0, 0.1) is 15.9 Å². The molecular formula is C30H35FN4O9S. The second kappa shape index (κ2) is 15.5. The molecule has 3 aromatic rings. The molecule has 3 rings (SSSR count). The van der Waals surface area contributed by atoms with Crippen LogP contribution in [-0.2, 0) is 37.6 Å². The highest BCUT2D eigenvalue weighted by Crippen LogP contribution is 2.32. The second-order valence-corrected chi connectivity index (χ2v) is 12.5. The first-order valence-electron chi connectivity index (χ1n) is 13.8. The smallest absolute Gasteiger partial charge is 0.308 e. The Morgan fingerprint density at radius 1 is 1.09 bits per heavy atom. The Bertz CT molecular complexity index is 1630. The standard InChI is InChI=1S/C30H35FN4O9S/c1-19(2)28-26(29(20-9-11-23(31)12-10-20)33-30(32-28)34(3)45(4,41)42)14-13-24(36)15-25(37)16-27(38)43-17-21-7-5-6-8-22(21)18-44-35(39)40/h5-14,19,24-25,36-37H,15-18H2,1-4H3/b14-13+/t24-,25-/m1/s1. The normalized spacial score (nSPS) is 13.1. The molecular weight excluding hydrogens is 611 g/mol. The molecule has 0 spiro atoms. The molecule has 1 aromatic heterocycles. The summed E-state index contributed by atoms with van der Waals surface area (Å²) in [7, 11) is -2.38. The van der Waals surface area contributed by atoms with E-state index in [1.807, 2.05) is 13.8 Å². The number of aliphatic hydroxyl groups excluding tert-OH is 2. The quantitative estimate of drug-likeness (QED) is 0.139. The summed E-state index contributed by atoms with van der Waals surface area (Å²) < 4.78 is 44.3. The third kappa shape index (κ3) is 10.3. The summed E-state index contributed by atoms with van der Waals surface area (Å²) in [5.41, 5.74) is 2.66. The van der Waals surface area contributed by atoms with Crippen LogP contribution >= 0.6 is 0 Å². The first kappa shape index (κ1) is 35.0. The van der Waals surface area contributed by atoms with E-state index >= 15 is 0 Å². The van der Waals surface area contributed by atoms with Crippen LogP contribution in [0.3, 0.4) is 0 Å². The van der Waals surface area contributed by atoms with Gasteiger partial charge in [-0.05, 0) is 41.3 Å². The van der Waals surface area contributed by atoms with Crippen LogP contribution in [-0.4, -0.2) is 65.2 Å². The Hall–Kier alpha value is -4.47. The van der Waals surface area contributed by atoms with Gasteiger partial charge >= 0.3 is 5.97 Å². The van der Waals surface area contributed by atoms with Crippen molar-refractivity contribution in [3.05, 3.63) is 92.9 Å². The minimum Gasteiger partial charge on any atom is -0.461 e. The fourth-order valence-electron chi connectivity index (χ4n) is 4.21. The molecule has 0 radical (unpaired) electrons. The zero-order valence-electron chi connectivity index (χ0n) is 25.2. The minimum atomic E-state index is -3.70. The summed E-state index contributed by atoms with van der Waals surface area (Å²) in [4.78, 5) is 36.2. The number of ether oxygens (including phenoxy) is 1. The highest BCUT2D eigenvalue weighted by Gasteiger charge is 2.23. The summed E-state index contributed by atoms with van der Waals surface area (Å²) in [6, 6.07) is 12.0. The first-order chi connectivity index (χ1) is 21.1.